The predicted molar refractivity (Wildman–Crippen MR) is 87.8 cm³/mol. The second kappa shape index (κ2) is 6.49. The number of furan rings is 1. The minimum absolute atomic E-state index is 0.190. The van der Waals surface area contributed by atoms with Crippen molar-refractivity contribution in [1.29, 1.82) is 0 Å². The lowest BCUT2D eigenvalue weighted by Gasteiger charge is -2.15. The third kappa shape index (κ3) is 3.05. The Bertz CT molecular complexity index is 857. The molecule has 5 nitrogen and oxygen atoms in total. The van der Waals surface area contributed by atoms with Gasteiger partial charge in [0.15, 0.2) is 0 Å². The van der Waals surface area contributed by atoms with E-state index in [0.29, 0.717) is 29.2 Å². The largest absolute Gasteiger partial charge is 0.467 e. The summed E-state index contributed by atoms with van der Waals surface area (Å²) in [6.45, 7) is 2.03. The van der Waals surface area contributed by atoms with Crippen molar-refractivity contribution in [2.45, 2.75) is 13.5 Å². The lowest BCUT2D eigenvalue weighted by atomic mass is 10.2. The number of carbonyl (C=O) groups excluding carboxylic acids is 1. The molecule has 0 N–H and O–H groups in total. The number of amides is 1. The van der Waals surface area contributed by atoms with Gasteiger partial charge in [-0.3, -0.25) is 4.79 Å². The summed E-state index contributed by atoms with van der Waals surface area (Å²) in [6, 6.07) is 9.28. The van der Waals surface area contributed by atoms with Crippen LogP contribution in [0.2, 0.25) is 5.15 Å². The summed E-state index contributed by atoms with van der Waals surface area (Å²) >= 11 is 6.36. The molecule has 2 aromatic heterocycles. The highest BCUT2D eigenvalue weighted by molar-refractivity contribution is 6.33. The minimum Gasteiger partial charge on any atom is -0.467 e. The molecule has 0 aliphatic carbocycles. The lowest BCUT2D eigenvalue weighted by Crippen LogP contribution is -2.26. The highest BCUT2D eigenvalue weighted by Crippen LogP contribution is 2.25. The summed E-state index contributed by atoms with van der Waals surface area (Å²) < 4.78 is 19.7. The summed E-state index contributed by atoms with van der Waals surface area (Å²) in [5.74, 6) is 0.0565. The maximum absolute atomic E-state index is 13.1. The van der Waals surface area contributed by atoms with Crippen molar-refractivity contribution in [3.05, 3.63) is 70.6 Å². The van der Waals surface area contributed by atoms with Crippen LogP contribution in [-0.2, 0) is 6.54 Å². The van der Waals surface area contributed by atoms with Crippen LogP contribution in [0, 0.1) is 12.7 Å². The van der Waals surface area contributed by atoms with Gasteiger partial charge < -0.3 is 9.32 Å². The van der Waals surface area contributed by atoms with Gasteiger partial charge >= 0.3 is 0 Å². The molecule has 2 heterocycles. The first-order chi connectivity index (χ1) is 11.5. The van der Waals surface area contributed by atoms with E-state index in [-0.39, 0.29) is 16.9 Å². The molecule has 0 aliphatic rings. The van der Waals surface area contributed by atoms with E-state index in [9.17, 15) is 9.18 Å². The van der Waals surface area contributed by atoms with Gasteiger partial charge in [0.1, 0.15) is 16.7 Å². The Balaban J connectivity index is 1.91. The third-order valence-electron chi connectivity index (χ3n) is 3.61. The molecular weight excluding hydrogens is 333 g/mol. The van der Waals surface area contributed by atoms with Crippen LogP contribution in [0.25, 0.3) is 5.69 Å². The molecular formula is C17H15ClFN3O2. The molecule has 3 aromatic rings. The van der Waals surface area contributed by atoms with Gasteiger partial charge in [0.2, 0.25) is 0 Å². The molecule has 0 unspecified atom stereocenters. The van der Waals surface area contributed by atoms with Gasteiger partial charge in [-0.05, 0) is 43.3 Å². The quantitative estimate of drug-likeness (QED) is 0.720. The normalized spacial score (nSPS) is 10.8. The fraction of sp³-hybridized carbons (Fsp3) is 0.176. The van der Waals surface area contributed by atoms with E-state index in [0.717, 1.165) is 0 Å². The number of rotatable bonds is 4. The number of halogens is 2. The Kier molecular flexibility index (Phi) is 4.40. The fourth-order valence-electron chi connectivity index (χ4n) is 2.39. The van der Waals surface area contributed by atoms with Crippen LogP contribution in [0.4, 0.5) is 4.39 Å². The lowest BCUT2D eigenvalue weighted by molar-refractivity contribution is 0.0775. The molecule has 0 atom stereocenters. The van der Waals surface area contributed by atoms with E-state index >= 15 is 0 Å². The number of aryl methyl sites for hydroxylation is 1. The Hall–Kier alpha value is -2.60. The van der Waals surface area contributed by atoms with E-state index < -0.39 is 0 Å². The van der Waals surface area contributed by atoms with E-state index in [2.05, 4.69) is 5.10 Å². The van der Waals surface area contributed by atoms with Crippen LogP contribution in [-0.4, -0.2) is 27.6 Å². The first-order valence-electron chi connectivity index (χ1n) is 7.26. The summed E-state index contributed by atoms with van der Waals surface area (Å²) in [5, 5.41) is 4.49. The maximum atomic E-state index is 13.1. The average Bonchev–Trinajstić information content (AvgIpc) is 3.16. The van der Waals surface area contributed by atoms with Gasteiger partial charge in [-0.2, -0.15) is 5.10 Å². The molecule has 0 fully saturated rings. The summed E-state index contributed by atoms with van der Waals surface area (Å²) in [5.41, 5.74) is 1.40. The molecule has 0 aliphatic heterocycles. The van der Waals surface area contributed by atoms with E-state index in [1.165, 1.54) is 21.7 Å². The van der Waals surface area contributed by atoms with Crippen molar-refractivity contribution in [3.63, 3.8) is 0 Å². The van der Waals surface area contributed by atoms with Crippen LogP contribution >= 0.6 is 11.6 Å². The monoisotopic (exact) mass is 347 g/mol. The van der Waals surface area contributed by atoms with Crippen molar-refractivity contribution >= 4 is 17.5 Å². The van der Waals surface area contributed by atoms with E-state index in [1.807, 2.05) is 0 Å². The molecule has 3 rings (SSSR count). The Morgan fingerprint density at radius 3 is 2.67 bits per heavy atom. The van der Waals surface area contributed by atoms with Gasteiger partial charge in [-0.25, -0.2) is 9.07 Å². The van der Waals surface area contributed by atoms with Gasteiger partial charge in [-0.15, -0.1) is 0 Å². The molecule has 24 heavy (non-hydrogen) atoms. The van der Waals surface area contributed by atoms with Gasteiger partial charge in [0.05, 0.1) is 29.8 Å². The van der Waals surface area contributed by atoms with Crippen LogP contribution in [0.1, 0.15) is 21.8 Å². The van der Waals surface area contributed by atoms with Crippen molar-refractivity contribution in [2.75, 3.05) is 7.05 Å². The molecule has 0 saturated heterocycles. The van der Waals surface area contributed by atoms with Crippen LogP contribution in [0.5, 0.6) is 0 Å². The van der Waals surface area contributed by atoms with Crippen LogP contribution in [0.15, 0.2) is 47.1 Å². The topological polar surface area (TPSA) is 51.3 Å². The molecule has 0 saturated carbocycles. The number of carbonyl (C=O) groups is 1. The standard InChI is InChI=1S/C17H15ClFN3O2/c1-11-15(17(23)21(2)10-14-4-3-9-24-14)16(18)22(20-11)13-7-5-12(19)6-8-13/h3-9H,10H2,1-2H3. The summed E-state index contributed by atoms with van der Waals surface area (Å²) in [6.07, 6.45) is 1.55. The second-order valence-electron chi connectivity index (χ2n) is 5.38. The average molecular weight is 348 g/mol. The van der Waals surface area contributed by atoms with Gasteiger partial charge in [-0.1, -0.05) is 11.6 Å². The van der Waals surface area contributed by atoms with E-state index in [4.69, 9.17) is 16.0 Å². The zero-order valence-corrected chi connectivity index (χ0v) is 13.9. The molecule has 0 bridgehead atoms. The van der Waals surface area contributed by atoms with Crippen molar-refractivity contribution in [2.24, 2.45) is 0 Å². The molecule has 124 valence electrons. The first kappa shape index (κ1) is 16.3. The Morgan fingerprint density at radius 2 is 2.04 bits per heavy atom. The number of hydrogen-bond donors (Lipinski definition) is 0. The molecule has 0 spiro atoms. The second-order valence-corrected chi connectivity index (χ2v) is 5.74. The van der Waals surface area contributed by atoms with Crippen molar-refractivity contribution < 1.29 is 13.6 Å². The number of nitrogens with zero attached hydrogens (tertiary/aromatic N) is 3. The Labute approximate surface area is 143 Å². The molecule has 0 radical (unpaired) electrons. The van der Waals surface area contributed by atoms with Crippen molar-refractivity contribution in [3.8, 4) is 5.69 Å². The highest BCUT2D eigenvalue weighted by Gasteiger charge is 2.24. The fourth-order valence-corrected chi connectivity index (χ4v) is 2.75. The molecule has 1 amide bonds. The van der Waals surface area contributed by atoms with Crippen LogP contribution in [0.3, 0.4) is 0 Å². The van der Waals surface area contributed by atoms with Gasteiger partial charge in [0, 0.05) is 7.05 Å². The molecule has 7 heteroatoms. The van der Waals surface area contributed by atoms with Crippen molar-refractivity contribution in [1.82, 2.24) is 14.7 Å². The smallest absolute Gasteiger partial charge is 0.259 e. The highest BCUT2D eigenvalue weighted by atomic mass is 35.5. The minimum atomic E-state index is -0.353. The maximum Gasteiger partial charge on any atom is 0.259 e. The Morgan fingerprint density at radius 1 is 1.33 bits per heavy atom. The SMILES string of the molecule is Cc1nn(-c2ccc(F)cc2)c(Cl)c1C(=O)N(C)Cc1ccco1. The zero-order valence-electron chi connectivity index (χ0n) is 13.2. The first-order valence-corrected chi connectivity index (χ1v) is 7.64. The zero-order chi connectivity index (χ0) is 17.3. The molecule has 1 aromatic carbocycles. The van der Waals surface area contributed by atoms with Crippen LogP contribution < -0.4 is 0 Å². The summed E-state index contributed by atoms with van der Waals surface area (Å²) in [7, 11) is 1.66. The summed E-state index contributed by atoms with van der Waals surface area (Å²) in [4.78, 5) is 14.2. The van der Waals surface area contributed by atoms with Gasteiger partial charge in [0.25, 0.3) is 5.91 Å². The number of hydrogen-bond acceptors (Lipinski definition) is 3. The number of aromatic nitrogens is 2. The number of benzene rings is 1. The van der Waals surface area contributed by atoms with E-state index in [1.54, 1.807) is 44.5 Å². The third-order valence-corrected chi connectivity index (χ3v) is 3.96. The predicted octanol–water partition coefficient (Wildman–Crippen LogP) is 3.84.